The van der Waals surface area contributed by atoms with Gasteiger partial charge in [0.2, 0.25) is 0 Å². The average Bonchev–Trinajstić information content (AvgIpc) is 3.17. The molecular weight excluding hydrogens is 318 g/mol. The van der Waals surface area contributed by atoms with E-state index >= 15 is 0 Å². The monoisotopic (exact) mass is 341 g/mol. The molecule has 0 aromatic carbocycles. The third-order valence-electron chi connectivity index (χ3n) is 5.20. The van der Waals surface area contributed by atoms with Gasteiger partial charge in [0.1, 0.15) is 0 Å². The minimum Gasteiger partial charge on any atom is -0.472 e. The van der Waals surface area contributed by atoms with Crippen LogP contribution in [-0.2, 0) is 11.3 Å². The summed E-state index contributed by atoms with van der Waals surface area (Å²) in [7, 11) is 0. The molecule has 6 nitrogen and oxygen atoms in total. The van der Waals surface area contributed by atoms with Crippen LogP contribution in [0.2, 0.25) is 0 Å². The first kappa shape index (κ1) is 16.3. The van der Waals surface area contributed by atoms with Crippen molar-refractivity contribution in [3.8, 4) is 0 Å². The number of rotatable bonds is 3. The third-order valence-corrected chi connectivity index (χ3v) is 5.20. The molecule has 0 bridgehead atoms. The van der Waals surface area contributed by atoms with E-state index in [1.54, 1.807) is 31.0 Å². The van der Waals surface area contributed by atoms with Crippen LogP contribution in [0.1, 0.15) is 28.8 Å². The topological polar surface area (TPSA) is 58.8 Å². The molecule has 25 heavy (non-hydrogen) atoms. The van der Waals surface area contributed by atoms with Crippen LogP contribution in [0.15, 0.2) is 47.5 Å². The van der Waals surface area contributed by atoms with Gasteiger partial charge in [-0.3, -0.25) is 14.7 Å². The smallest absolute Gasteiger partial charge is 0.255 e. The first-order valence-electron chi connectivity index (χ1n) is 8.81. The number of ether oxygens (including phenoxy) is 1. The third kappa shape index (κ3) is 3.60. The second kappa shape index (κ2) is 6.98. The van der Waals surface area contributed by atoms with Gasteiger partial charge in [0.25, 0.3) is 5.91 Å². The summed E-state index contributed by atoms with van der Waals surface area (Å²) in [5.41, 5.74) is 1.65. The number of amides is 1. The zero-order chi connectivity index (χ0) is 17.1. The molecule has 2 aromatic rings. The molecule has 0 radical (unpaired) electrons. The van der Waals surface area contributed by atoms with Crippen molar-refractivity contribution in [1.82, 2.24) is 14.8 Å². The van der Waals surface area contributed by atoms with Crippen molar-refractivity contribution in [3.05, 3.63) is 54.2 Å². The number of hydrogen-bond acceptors (Lipinski definition) is 5. The lowest BCUT2D eigenvalue weighted by atomic mass is 9.89. The van der Waals surface area contributed by atoms with Gasteiger partial charge in [-0.05, 0) is 31.0 Å². The maximum atomic E-state index is 12.7. The summed E-state index contributed by atoms with van der Waals surface area (Å²) in [6, 6.07) is 5.64. The van der Waals surface area contributed by atoms with Crippen molar-refractivity contribution in [1.29, 1.82) is 0 Å². The van der Waals surface area contributed by atoms with E-state index in [9.17, 15) is 4.79 Å². The van der Waals surface area contributed by atoms with Crippen LogP contribution in [-0.4, -0.2) is 59.1 Å². The molecular formula is C19H23N3O3. The fourth-order valence-electron chi connectivity index (χ4n) is 3.75. The van der Waals surface area contributed by atoms with E-state index < -0.39 is 0 Å². The predicted octanol–water partition coefficient (Wildman–Crippen LogP) is 2.18. The predicted molar refractivity (Wildman–Crippen MR) is 92.0 cm³/mol. The Morgan fingerprint density at radius 1 is 1.24 bits per heavy atom. The zero-order valence-corrected chi connectivity index (χ0v) is 14.3. The molecule has 2 aliphatic rings. The molecule has 4 rings (SSSR count). The van der Waals surface area contributed by atoms with Crippen LogP contribution in [0.3, 0.4) is 0 Å². The summed E-state index contributed by atoms with van der Waals surface area (Å²) in [6.07, 6.45) is 8.73. The molecule has 2 aliphatic heterocycles. The first-order valence-corrected chi connectivity index (χ1v) is 8.81. The Morgan fingerprint density at radius 3 is 2.84 bits per heavy atom. The number of aromatic nitrogens is 1. The van der Waals surface area contributed by atoms with Crippen LogP contribution >= 0.6 is 0 Å². The number of piperidine rings is 1. The van der Waals surface area contributed by atoms with Crippen molar-refractivity contribution >= 4 is 5.91 Å². The lowest BCUT2D eigenvalue weighted by molar-refractivity contribution is -0.127. The van der Waals surface area contributed by atoms with Gasteiger partial charge in [-0.25, -0.2) is 0 Å². The van der Waals surface area contributed by atoms with E-state index in [0.717, 1.165) is 32.5 Å². The van der Waals surface area contributed by atoms with Gasteiger partial charge in [0, 0.05) is 44.1 Å². The fourth-order valence-corrected chi connectivity index (χ4v) is 3.75. The average molecular weight is 341 g/mol. The Kier molecular flexibility index (Phi) is 4.55. The molecule has 2 aromatic heterocycles. The highest BCUT2D eigenvalue weighted by atomic mass is 16.5. The van der Waals surface area contributed by atoms with E-state index in [1.807, 2.05) is 17.0 Å². The zero-order valence-electron chi connectivity index (χ0n) is 14.3. The number of pyridine rings is 1. The summed E-state index contributed by atoms with van der Waals surface area (Å²) in [6.45, 7) is 4.77. The molecule has 0 atom stereocenters. The van der Waals surface area contributed by atoms with Crippen molar-refractivity contribution in [2.75, 3.05) is 32.8 Å². The standard InChI is InChI=1S/C19H23N3O3/c23-18(17-2-1-6-20-12-17)22-9-11-25-19(15-22)4-7-21(8-5-19)13-16-3-10-24-14-16/h1-3,6,10,12,14H,4-5,7-9,11,13,15H2. The quantitative estimate of drug-likeness (QED) is 0.856. The Bertz CT molecular complexity index is 694. The first-order chi connectivity index (χ1) is 12.2. The molecule has 2 saturated heterocycles. The molecule has 2 fully saturated rings. The van der Waals surface area contributed by atoms with Crippen molar-refractivity contribution in [3.63, 3.8) is 0 Å². The molecule has 1 amide bonds. The van der Waals surface area contributed by atoms with Crippen LogP contribution in [0.5, 0.6) is 0 Å². The van der Waals surface area contributed by atoms with Gasteiger partial charge in [-0.15, -0.1) is 0 Å². The second-order valence-electron chi connectivity index (χ2n) is 6.91. The number of likely N-dealkylation sites (tertiary alicyclic amines) is 1. The van der Waals surface area contributed by atoms with E-state index in [-0.39, 0.29) is 11.5 Å². The van der Waals surface area contributed by atoms with Gasteiger partial charge < -0.3 is 14.1 Å². The summed E-state index contributed by atoms with van der Waals surface area (Å²) in [4.78, 5) is 21.1. The normalized spacial score (nSPS) is 20.7. The number of nitrogens with zero attached hydrogens (tertiary/aromatic N) is 3. The minimum atomic E-state index is -0.205. The van der Waals surface area contributed by atoms with Crippen LogP contribution in [0.25, 0.3) is 0 Å². The van der Waals surface area contributed by atoms with Gasteiger partial charge in [-0.2, -0.15) is 0 Å². The number of carbonyl (C=O) groups excluding carboxylic acids is 1. The molecule has 0 aliphatic carbocycles. The maximum absolute atomic E-state index is 12.7. The Labute approximate surface area is 147 Å². The van der Waals surface area contributed by atoms with Gasteiger partial charge in [0.15, 0.2) is 0 Å². The highest BCUT2D eigenvalue weighted by Gasteiger charge is 2.41. The Hall–Kier alpha value is -2.18. The largest absolute Gasteiger partial charge is 0.472 e. The Balaban J connectivity index is 1.37. The summed E-state index contributed by atoms with van der Waals surface area (Å²) in [5, 5.41) is 0. The van der Waals surface area contributed by atoms with E-state index in [1.165, 1.54) is 5.56 Å². The lowest BCUT2D eigenvalue weighted by Gasteiger charge is -2.47. The van der Waals surface area contributed by atoms with E-state index in [0.29, 0.717) is 25.3 Å². The molecule has 6 heteroatoms. The molecule has 0 saturated carbocycles. The molecule has 132 valence electrons. The lowest BCUT2D eigenvalue weighted by Crippen LogP contribution is -2.57. The maximum Gasteiger partial charge on any atom is 0.255 e. The number of carbonyl (C=O) groups is 1. The SMILES string of the molecule is O=C(c1cccnc1)N1CCOC2(CCN(Cc3ccoc3)CC2)C1. The Morgan fingerprint density at radius 2 is 2.12 bits per heavy atom. The van der Waals surface area contributed by atoms with Crippen LogP contribution in [0.4, 0.5) is 0 Å². The molecule has 4 heterocycles. The molecule has 1 spiro atoms. The van der Waals surface area contributed by atoms with Gasteiger partial charge in [0.05, 0.1) is 36.8 Å². The number of hydrogen-bond donors (Lipinski definition) is 0. The van der Waals surface area contributed by atoms with Gasteiger partial charge in [-0.1, -0.05) is 0 Å². The highest BCUT2D eigenvalue weighted by molar-refractivity contribution is 5.94. The minimum absolute atomic E-state index is 0.0524. The van der Waals surface area contributed by atoms with Gasteiger partial charge >= 0.3 is 0 Å². The van der Waals surface area contributed by atoms with Crippen molar-refractivity contribution in [2.45, 2.75) is 25.0 Å². The van der Waals surface area contributed by atoms with Crippen molar-refractivity contribution < 1.29 is 13.9 Å². The van der Waals surface area contributed by atoms with Crippen LogP contribution in [0, 0.1) is 0 Å². The van der Waals surface area contributed by atoms with Crippen molar-refractivity contribution in [2.24, 2.45) is 0 Å². The second-order valence-corrected chi connectivity index (χ2v) is 6.91. The van der Waals surface area contributed by atoms with E-state index in [2.05, 4.69) is 9.88 Å². The summed E-state index contributed by atoms with van der Waals surface area (Å²) < 4.78 is 11.3. The number of morpholine rings is 1. The molecule has 0 N–H and O–H groups in total. The highest BCUT2D eigenvalue weighted by Crippen LogP contribution is 2.31. The van der Waals surface area contributed by atoms with E-state index in [4.69, 9.17) is 9.15 Å². The molecule has 0 unspecified atom stereocenters. The summed E-state index contributed by atoms with van der Waals surface area (Å²) >= 11 is 0. The number of furan rings is 1. The fraction of sp³-hybridized carbons (Fsp3) is 0.474. The summed E-state index contributed by atoms with van der Waals surface area (Å²) in [5.74, 6) is 0.0524. The van der Waals surface area contributed by atoms with Crippen LogP contribution < -0.4 is 0 Å².